The Balaban J connectivity index is 1.07. The molecule has 4 heteroatoms. The van der Waals surface area contributed by atoms with Crippen LogP contribution in [0.1, 0.15) is 52.7 Å². The van der Waals surface area contributed by atoms with Crippen LogP contribution in [-0.4, -0.2) is 11.3 Å². The predicted molar refractivity (Wildman–Crippen MR) is 420 cm³/mol. The normalized spacial score (nSPS) is 12.7. The molecule has 3 nitrogen and oxygen atoms in total. The van der Waals surface area contributed by atoms with Crippen LogP contribution in [0.3, 0.4) is 0 Å². The Morgan fingerprint density at radius 1 is 0.265 bits per heavy atom. The van der Waals surface area contributed by atoms with E-state index in [4.69, 9.17) is 0 Å². The molecule has 0 bridgehead atoms. The molecule has 98 heavy (non-hydrogen) atoms. The van der Waals surface area contributed by atoms with E-state index in [9.17, 15) is 0 Å². The first-order valence-electron chi connectivity index (χ1n) is 34.5. The van der Waals surface area contributed by atoms with Crippen molar-refractivity contribution in [3.8, 4) is 72.4 Å². The Morgan fingerprint density at radius 2 is 0.643 bits per heavy atom. The van der Waals surface area contributed by atoms with Crippen molar-refractivity contribution in [2.75, 3.05) is 9.80 Å². The lowest BCUT2D eigenvalue weighted by Gasteiger charge is -2.46. The molecule has 0 saturated carbocycles. The fourth-order valence-electron chi connectivity index (χ4n) is 16.1. The molecule has 15 aromatic carbocycles. The second-order valence-corrected chi connectivity index (χ2v) is 28.8. The largest absolute Gasteiger partial charge is 0.310 e. The first-order chi connectivity index (χ1) is 47.9. The maximum absolute atomic E-state index is 2.74. The third-order valence-electron chi connectivity index (χ3n) is 20.8. The summed E-state index contributed by atoms with van der Waals surface area (Å²) in [5, 5.41) is 7.30. The second-order valence-electron chi connectivity index (χ2n) is 28.8. The summed E-state index contributed by atoms with van der Waals surface area (Å²) in [7, 11) is 0. The maximum atomic E-state index is 2.74. The lowest BCUT2D eigenvalue weighted by Crippen LogP contribution is -2.61. The highest BCUT2D eigenvalue weighted by molar-refractivity contribution is 7.00. The molecule has 0 aliphatic carbocycles. The number of anilines is 6. The summed E-state index contributed by atoms with van der Waals surface area (Å²) in [5.74, 6) is 0. The summed E-state index contributed by atoms with van der Waals surface area (Å²) in [6, 6.07) is 124. The van der Waals surface area contributed by atoms with E-state index in [0.29, 0.717) is 0 Å². The van der Waals surface area contributed by atoms with Crippen molar-refractivity contribution in [1.29, 1.82) is 0 Å². The third kappa shape index (κ3) is 9.64. The first-order valence-corrected chi connectivity index (χ1v) is 34.5. The number of nitrogens with zero attached hydrogens (tertiary/aromatic N) is 3. The molecule has 2 aliphatic heterocycles. The average Bonchev–Trinajstić information content (AvgIpc) is 0.768. The molecule has 3 heterocycles. The van der Waals surface area contributed by atoms with Gasteiger partial charge >= 0.3 is 0 Å². The number of hydrogen-bond acceptors (Lipinski definition) is 2. The summed E-state index contributed by atoms with van der Waals surface area (Å²) in [5.41, 5.74) is 30.0. The van der Waals surface area contributed by atoms with Crippen molar-refractivity contribution in [3.63, 3.8) is 0 Å². The monoisotopic (exact) mass is 1250 g/mol. The van der Waals surface area contributed by atoms with Crippen LogP contribution in [-0.2, 0) is 10.8 Å². The van der Waals surface area contributed by atoms with Crippen molar-refractivity contribution in [2.45, 2.75) is 52.4 Å². The van der Waals surface area contributed by atoms with E-state index >= 15 is 0 Å². The fourth-order valence-corrected chi connectivity index (χ4v) is 16.1. The molecule has 2 aliphatic rings. The molecule has 0 N–H and O–H groups in total. The van der Waals surface area contributed by atoms with Gasteiger partial charge in [0.25, 0.3) is 6.71 Å². The van der Waals surface area contributed by atoms with Crippen molar-refractivity contribution in [1.82, 2.24) is 4.57 Å². The number of hydrogen-bond donors (Lipinski definition) is 0. The van der Waals surface area contributed by atoms with Gasteiger partial charge in [-0.1, -0.05) is 302 Å². The van der Waals surface area contributed by atoms with Crippen LogP contribution < -0.4 is 26.2 Å². The quantitative estimate of drug-likeness (QED) is 0.105. The zero-order chi connectivity index (χ0) is 66.0. The predicted octanol–water partition coefficient (Wildman–Crippen LogP) is 23.8. The Labute approximate surface area is 574 Å². The fraction of sp³-hybridized carbons (Fsp3) is 0.0851. The molecular formula is C94H72BN3. The van der Waals surface area contributed by atoms with Gasteiger partial charge in [-0.3, -0.25) is 0 Å². The molecule has 16 aromatic rings. The van der Waals surface area contributed by atoms with Crippen LogP contribution in [0.25, 0.3) is 116 Å². The van der Waals surface area contributed by atoms with Gasteiger partial charge in [-0.05, 0) is 171 Å². The molecular weight excluding hydrogens is 1180 g/mol. The highest BCUT2D eigenvalue weighted by atomic mass is 15.2. The maximum Gasteiger partial charge on any atom is 0.252 e. The SMILES string of the molecule is CC(C)(C)c1cc(-c2ccccc2)c(N2c3ccc(-c4ccccc4)cc3B3c4ccc(-c5c6ccccc6cc6ccccc56)cc4N(c4c(-c5ccccc5)cc(C(C)(C)C)cc4-c4ccccc4)c4cc(-n5c6ccccc6c6ccccc65)cc2c43)c(-c2ccccc2)c1. The first kappa shape index (κ1) is 58.8. The van der Waals surface area contributed by atoms with E-state index in [-0.39, 0.29) is 17.5 Å². The molecule has 0 radical (unpaired) electrons. The summed E-state index contributed by atoms with van der Waals surface area (Å²) < 4.78 is 2.55. The minimum Gasteiger partial charge on any atom is -0.310 e. The summed E-state index contributed by atoms with van der Waals surface area (Å²) in [6.07, 6.45) is 0. The highest BCUT2D eigenvalue weighted by Crippen LogP contribution is 2.56. The van der Waals surface area contributed by atoms with Crippen molar-refractivity contribution in [3.05, 3.63) is 339 Å². The molecule has 0 fully saturated rings. The molecule has 18 rings (SSSR count). The second kappa shape index (κ2) is 23.0. The van der Waals surface area contributed by atoms with Gasteiger partial charge in [-0.2, -0.15) is 0 Å². The smallest absolute Gasteiger partial charge is 0.252 e. The molecule has 0 unspecified atom stereocenters. The van der Waals surface area contributed by atoms with Crippen molar-refractivity contribution >= 4 is 101 Å². The van der Waals surface area contributed by atoms with Gasteiger partial charge in [0, 0.05) is 55.8 Å². The summed E-state index contributed by atoms with van der Waals surface area (Å²) >= 11 is 0. The Hall–Kier alpha value is -11.7. The lowest BCUT2D eigenvalue weighted by molar-refractivity contribution is 0.590. The van der Waals surface area contributed by atoms with Crippen LogP contribution in [0.4, 0.5) is 34.1 Å². The number of aromatic nitrogens is 1. The van der Waals surface area contributed by atoms with Crippen LogP contribution in [0.2, 0.25) is 0 Å². The van der Waals surface area contributed by atoms with Crippen molar-refractivity contribution < 1.29 is 0 Å². The molecule has 0 spiro atoms. The minimum absolute atomic E-state index is 0.187. The van der Waals surface area contributed by atoms with E-state index in [1.807, 2.05) is 0 Å². The summed E-state index contributed by atoms with van der Waals surface area (Å²) in [6.45, 7) is 13.9. The number of para-hydroxylation sites is 2. The molecule has 1 aromatic heterocycles. The summed E-state index contributed by atoms with van der Waals surface area (Å²) in [4.78, 5) is 5.44. The zero-order valence-electron chi connectivity index (χ0n) is 56.1. The van der Waals surface area contributed by atoms with E-state index in [0.717, 1.165) is 89.8 Å². The van der Waals surface area contributed by atoms with Gasteiger partial charge in [0.15, 0.2) is 0 Å². The minimum atomic E-state index is -0.255. The average molecular weight is 1250 g/mol. The Bertz CT molecular complexity index is 5590. The van der Waals surface area contributed by atoms with Gasteiger partial charge in [-0.15, -0.1) is 0 Å². The molecule has 0 atom stereocenters. The van der Waals surface area contributed by atoms with Crippen LogP contribution in [0.5, 0.6) is 0 Å². The van der Waals surface area contributed by atoms with Crippen molar-refractivity contribution in [2.24, 2.45) is 0 Å². The number of benzene rings is 15. The highest BCUT2D eigenvalue weighted by Gasteiger charge is 2.46. The topological polar surface area (TPSA) is 11.4 Å². The standard InChI is InChI=1S/C94H72BN3/c1-93(2,3)70-55-77(62-32-14-8-15-33-62)91(78(56-70)63-34-16-9-17-35-63)97-85-51-49-66(61-30-12-7-13-31-61)53-82(85)95-81-50-48-69(89-73-42-24-22-40-67(73)52-68-41-23-25-43-74(68)89)54-86(81)98(88-60-72(59-87(97)90(88)95)96-83-46-28-26-44-75(83)76-45-27-29-47-84(76)96)92-79(64-36-18-10-19-37-64)57-71(94(4,5)6)58-80(92)65-38-20-11-21-39-65/h7-60H,1-6H3. The van der Waals surface area contributed by atoms with E-state index < -0.39 is 0 Å². The van der Waals surface area contributed by atoms with Gasteiger partial charge in [0.1, 0.15) is 0 Å². The van der Waals surface area contributed by atoms with E-state index in [2.05, 4.69) is 383 Å². The zero-order valence-corrected chi connectivity index (χ0v) is 56.1. The third-order valence-corrected chi connectivity index (χ3v) is 20.8. The van der Waals surface area contributed by atoms with Crippen LogP contribution in [0.15, 0.2) is 328 Å². The molecule has 0 amide bonds. The van der Waals surface area contributed by atoms with Gasteiger partial charge in [0.2, 0.25) is 0 Å². The van der Waals surface area contributed by atoms with Gasteiger partial charge in [0.05, 0.1) is 28.1 Å². The lowest BCUT2D eigenvalue weighted by atomic mass is 9.33. The van der Waals surface area contributed by atoms with Gasteiger partial charge in [-0.25, -0.2) is 0 Å². The molecule has 0 saturated heterocycles. The van der Waals surface area contributed by atoms with Crippen LogP contribution >= 0.6 is 0 Å². The Kier molecular flexibility index (Phi) is 13.8. The number of fused-ring (bicyclic) bond motifs is 9. The number of rotatable bonds is 9. The Morgan fingerprint density at radius 3 is 1.08 bits per heavy atom. The molecule has 466 valence electrons. The van der Waals surface area contributed by atoms with Gasteiger partial charge < -0.3 is 14.4 Å². The van der Waals surface area contributed by atoms with E-state index in [1.54, 1.807) is 0 Å². The van der Waals surface area contributed by atoms with E-state index in [1.165, 1.54) is 87.6 Å². The van der Waals surface area contributed by atoms with Crippen LogP contribution in [0, 0.1) is 0 Å².